The fraction of sp³-hybridized carbons (Fsp3) is 0.310. The Bertz CT molecular complexity index is 1750. The molecule has 0 unspecified atom stereocenters. The van der Waals surface area contributed by atoms with Crippen molar-refractivity contribution < 1.29 is 57.1 Å². The average Bonchev–Trinajstić information content (AvgIpc) is 3.64. The number of ketones is 2. The second kappa shape index (κ2) is 15.9. The highest BCUT2D eigenvalue weighted by Gasteiger charge is 2.24. The Morgan fingerprint density at radius 1 is 0.867 bits per heavy atom. The summed E-state index contributed by atoms with van der Waals surface area (Å²) in [6, 6.07) is 3.00. The van der Waals surface area contributed by atoms with Crippen LogP contribution in [0.3, 0.4) is 0 Å². The second-order valence-electron chi connectivity index (χ2n) is 9.10. The summed E-state index contributed by atoms with van der Waals surface area (Å²) in [5.41, 5.74) is 0.163. The molecule has 0 radical (unpaired) electrons. The zero-order valence-electron chi connectivity index (χ0n) is 24.3. The van der Waals surface area contributed by atoms with Crippen molar-refractivity contribution in [1.82, 2.24) is 9.97 Å². The zero-order chi connectivity index (χ0) is 33.3. The maximum atomic E-state index is 15.4. The van der Waals surface area contributed by atoms with E-state index in [0.717, 1.165) is 22.7 Å². The molecule has 45 heavy (non-hydrogen) atoms. The molecule has 4 aromatic rings. The fourth-order valence-corrected chi connectivity index (χ4v) is 5.76. The van der Waals surface area contributed by atoms with Gasteiger partial charge in [0.2, 0.25) is 0 Å². The van der Waals surface area contributed by atoms with Gasteiger partial charge in [-0.2, -0.15) is 0 Å². The molecule has 0 aliphatic carbocycles. The predicted octanol–water partition coefficient (Wildman–Crippen LogP) is 5.95. The highest BCUT2D eigenvalue weighted by atomic mass is 32.1. The number of ether oxygens (including phenoxy) is 4. The summed E-state index contributed by atoms with van der Waals surface area (Å²) in [6.45, 7) is 4.99. The molecule has 0 saturated heterocycles. The van der Waals surface area contributed by atoms with Gasteiger partial charge in [-0.15, -0.1) is 22.7 Å². The molecular formula is C29H28F2N2O10S2. The lowest BCUT2D eigenvalue weighted by Gasteiger charge is -2.15. The topological polar surface area (TPSA) is 171 Å². The third kappa shape index (κ3) is 8.27. The Morgan fingerprint density at radius 3 is 1.67 bits per heavy atom. The monoisotopic (exact) mass is 666 g/mol. The van der Waals surface area contributed by atoms with Crippen LogP contribution in [-0.2, 0) is 9.59 Å². The SMILES string of the molecule is C=C(COc1c(OC)cc2sc(C(=O)CCC)nc2c1F)COc1c(OC)cc2sc(C(=O)CCC(=O)O)nc2c1F.O=CO. The van der Waals surface area contributed by atoms with Crippen LogP contribution >= 0.6 is 22.7 Å². The first kappa shape index (κ1) is 34.8. The van der Waals surface area contributed by atoms with E-state index in [-0.39, 0.29) is 82.4 Å². The van der Waals surface area contributed by atoms with Gasteiger partial charge in [-0.25, -0.2) is 18.7 Å². The van der Waals surface area contributed by atoms with E-state index in [0.29, 0.717) is 27.8 Å². The summed E-state index contributed by atoms with van der Waals surface area (Å²) in [5.74, 6) is -3.86. The Hall–Kier alpha value is -4.70. The first-order chi connectivity index (χ1) is 21.5. The normalized spacial score (nSPS) is 10.6. The summed E-state index contributed by atoms with van der Waals surface area (Å²) in [5, 5.41) is 15.9. The van der Waals surface area contributed by atoms with Gasteiger partial charge in [-0.05, 0) is 12.0 Å². The third-order valence-electron chi connectivity index (χ3n) is 5.89. The largest absolute Gasteiger partial charge is 0.493 e. The molecule has 0 amide bonds. The summed E-state index contributed by atoms with van der Waals surface area (Å²) in [7, 11) is 2.67. The number of thiazole rings is 2. The highest BCUT2D eigenvalue weighted by molar-refractivity contribution is 7.20. The minimum atomic E-state index is -1.13. The minimum absolute atomic E-state index is 0.0127. The van der Waals surface area contributed by atoms with Crippen LogP contribution < -0.4 is 18.9 Å². The van der Waals surface area contributed by atoms with E-state index in [2.05, 4.69) is 16.5 Å². The Morgan fingerprint density at radius 2 is 1.29 bits per heavy atom. The molecule has 2 aromatic carbocycles. The van der Waals surface area contributed by atoms with Crippen molar-refractivity contribution in [3.63, 3.8) is 0 Å². The number of aliphatic carboxylic acids is 1. The molecule has 0 spiro atoms. The van der Waals surface area contributed by atoms with E-state index in [1.807, 2.05) is 6.92 Å². The molecule has 12 nitrogen and oxygen atoms in total. The van der Waals surface area contributed by atoms with E-state index < -0.39 is 23.4 Å². The standard InChI is InChI=1S/C28H26F2N2O8S2.CH2O2/c1-5-6-14(33)27-31-23-18(41-27)9-16(37-3)25(21(23)29)39-11-13(2)12-40-26-17(38-4)10-19-24(22(26)30)32-28(42-19)15(34)7-8-20(35)36;2-1-3/h9-10H,2,5-8,11-12H2,1,3-4H3,(H,35,36);1H,(H,2,3). The number of hydrogen-bond donors (Lipinski definition) is 2. The number of carbonyl (C=O) groups excluding carboxylic acids is 2. The molecule has 4 rings (SSSR count). The van der Waals surface area contributed by atoms with Crippen LogP contribution in [-0.4, -0.2) is 71.6 Å². The molecule has 2 N–H and O–H groups in total. The van der Waals surface area contributed by atoms with Gasteiger partial charge in [0.15, 0.2) is 56.2 Å². The Balaban J connectivity index is 0.00000177. The van der Waals surface area contributed by atoms with Crippen molar-refractivity contribution in [1.29, 1.82) is 0 Å². The van der Waals surface area contributed by atoms with Gasteiger partial charge in [0.25, 0.3) is 6.47 Å². The highest BCUT2D eigenvalue weighted by Crippen LogP contribution is 2.40. The molecule has 0 aliphatic heterocycles. The maximum Gasteiger partial charge on any atom is 0.303 e. The number of fused-ring (bicyclic) bond motifs is 2. The van der Waals surface area contributed by atoms with Gasteiger partial charge in [0.1, 0.15) is 24.2 Å². The summed E-state index contributed by atoms with van der Waals surface area (Å²) < 4.78 is 53.3. The van der Waals surface area contributed by atoms with Crippen LogP contribution in [0.25, 0.3) is 20.4 Å². The first-order valence-corrected chi connectivity index (χ1v) is 14.7. The number of nitrogens with zero attached hydrogens (tertiary/aromatic N) is 2. The number of methoxy groups -OCH3 is 2. The zero-order valence-corrected chi connectivity index (χ0v) is 25.9. The molecule has 2 aromatic heterocycles. The molecular weight excluding hydrogens is 638 g/mol. The van der Waals surface area contributed by atoms with Crippen molar-refractivity contribution in [2.24, 2.45) is 0 Å². The fourth-order valence-electron chi connectivity index (χ4n) is 3.84. The van der Waals surface area contributed by atoms with Crippen molar-refractivity contribution in [3.05, 3.63) is 45.9 Å². The quantitative estimate of drug-likeness (QED) is 0.0870. The van der Waals surface area contributed by atoms with E-state index >= 15 is 8.78 Å². The predicted molar refractivity (Wildman–Crippen MR) is 162 cm³/mol. The number of rotatable bonds is 15. The van der Waals surface area contributed by atoms with E-state index in [9.17, 15) is 14.4 Å². The molecule has 2 heterocycles. The van der Waals surface area contributed by atoms with Gasteiger partial charge < -0.3 is 29.2 Å². The van der Waals surface area contributed by atoms with Crippen LogP contribution in [0, 0.1) is 11.6 Å². The van der Waals surface area contributed by atoms with Crippen LogP contribution in [0.5, 0.6) is 23.0 Å². The van der Waals surface area contributed by atoms with Crippen molar-refractivity contribution in [2.75, 3.05) is 27.4 Å². The molecule has 16 heteroatoms. The maximum absolute atomic E-state index is 15.4. The molecule has 0 atom stereocenters. The average molecular weight is 667 g/mol. The summed E-state index contributed by atoms with van der Waals surface area (Å²) >= 11 is 1.99. The van der Waals surface area contributed by atoms with Crippen LogP contribution in [0.1, 0.15) is 52.2 Å². The van der Waals surface area contributed by atoms with Gasteiger partial charge >= 0.3 is 5.97 Å². The number of carboxylic acid groups (broad SMARTS) is 2. The number of Topliss-reactive ketones (excluding diaryl/α,β-unsaturated/α-hetero) is 2. The van der Waals surface area contributed by atoms with Crippen molar-refractivity contribution in [3.8, 4) is 23.0 Å². The van der Waals surface area contributed by atoms with Gasteiger partial charge in [-0.3, -0.25) is 19.2 Å². The Kier molecular flexibility index (Phi) is 12.3. The van der Waals surface area contributed by atoms with Crippen molar-refractivity contribution >= 4 is 67.1 Å². The van der Waals surface area contributed by atoms with E-state index in [4.69, 9.17) is 34.0 Å². The second-order valence-corrected chi connectivity index (χ2v) is 11.2. The number of benzene rings is 2. The van der Waals surface area contributed by atoms with Gasteiger partial charge in [-0.1, -0.05) is 13.5 Å². The molecule has 0 bridgehead atoms. The third-order valence-corrected chi connectivity index (χ3v) is 7.98. The lowest BCUT2D eigenvalue weighted by atomic mass is 10.2. The van der Waals surface area contributed by atoms with E-state index in [1.165, 1.54) is 26.4 Å². The van der Waals surface area contributed by atoms with E-state index in [1.54, 1.807) is 0 Å². The molecule has 0 saturated carbocycles. The number of carboxylic acids is 1. The van der Waals surface area contributed by atoms with Gasteiger partial charge in [0, 0.05) is 25.0 Å². The van der Waals surface area contributed by atoms with Crippen LogP contribution in [0.15, 0.2) is 24.3 Å². The molecule has 0 aliphatic rings. The van der Waals surface area contributed by atoms with Crippen LogP contribution in [0.2, 0.25) is 0 Å². The summed E-state index contributed by atoms with van der Waals surface area (Å²) in [6.07, 6.45) is 0.304. The van der Waals surface area contributed by atoms with Gasteiger partial charge in [0.05, 0.1) is 30.0 Å². The Labute approximate surface area is 262 Å². The van der Waals surface area contributed by atoms with Crippen molar-refractivity contribution in [2.45, 2.75) is 32.6 Å². The lowest BCUT2D eigenvalue weighted by molar-refractivity contribution is -0.137. The van der Waals surface area contributed by atoms with Crippen LogP contribution in [0.4, 0.5) is 8.78 Å². The molecule has 0 fully saturated rings. The summed E-state index contributed by atoms with van der Waals surface area (Å²) in [4.78, 5) is 51.9. The number of hydrogen-bond acceptors (Lipinski definition) is 12. The minimum Gasteiger partial charge on any atom is -0.493 e. The first-order valence-electron chi connectivity index (χ1n) is 13.1. The number of halogens is 2. The number of aromatic nitrogens is 2. The smallest absolute Gasteiger partial charge is 0.303 e. The lowest BCUT2D eigenvalue weighted by Crippen LogP contribution is -2.11. The number of carbonyl (C=O) groups is 4. The molecule has 240 valence electrons.